The zero-order valence-electron chi connectivity index (χ0n) is 11.7. The lowest BCUT2D eigenvalue weighted by Gasteiger charge is -2.25. The second-order valence-corrected chi connectivity index (χ2v) is 7.69. The number of sulfonamides is 1. The quantitative estimate of drug-likeness (QED) is 0.857. The van der Waals surface area contributed by atoms with E-state index in [2.05, 4.69) is 4.90 Å². The molecule has 1 atom stereocenters. The fraction of sp³-hybridized carbons (Fsp3) is 0.538. The number of nitrogens with two attached hydrogens (primary N) is 1. The van der Waals surface area contributed by atoms with Gasteiger partial charge in [-0.1, -0.05) is 11.6 Å². The van der Waals surface area contributed by atoms with Crippen molar-refractivity contribution in [3.63, 3.8) is 0 Å². The molecule has 1 saturated heterocycles. The van der Waals surface area contributed by atoms with Gasteiger partial charge in [0.15, 0.2) is 0 Å². The van der Waals surface area contributed by atoms with Crippen LogP contribution in [0, 0.1) is 0 Å². The Morgan fingerprint density at radius 2 is 2.20 bits per heavy atom. The van der Waals surface area contributed by atoms with E-state index in [0.717, 1.165) is 19.4 Å². The molecule has 112 valence electrons. The van der Waals surface area contributed by atoms with Crippen molar-refractivity contribution in [1.82, 2.24) is 9.21 Å². The number of likely N-dealkylation sites (N-methyl/N-ethyl adjacent to an activating group) is 2. The monoisotopic (exact) mass is 317 g/mol. The van der Waals surface area contributed by atoms with Crippen LogP contribution in [0.15, 0.2) is 23.1 Å². The highest BCUT2D eigenvalue weighted by Crippen LogP contribution is 2.26. The summed E-state index contributed by atoms with van der Waals surface area (Å²) in [5.74, 6) is 0. The molecule has 1 aromatic rings. The van der Waals surface area contributed by atoms with Gasteiger partial charge in [0.2, 0.25) is 10.0 Å². The normalized spacial score (nSPS) is 20.7. The van der Waals surface area contributed by atoms with Gasteiger partial charge in [-0.15, -0.1) is 0 Å². The fourth-order valence-electron chi connectivity index (χ4n) is 2.50. The van der Waals surface area contributed by atoms with E-state index >= 15 is 0 Å². The Labute approximate surface area is 125 Å². The van der Waals surface area contributed by atoms with Gasteiger partial charge in [0.25, 0.3) is 0 Å². The summed E-state index contributed by atoms with van der Waals surface area (Å²) in [6, 6.07) is 4.77. The minimum atomic E-state index is -3.61. The molecule has 1 heterocycles. The third kappa shape index (κ3) is 3.09. The van der Waals surface area contributed by atoms with E-state index in [9.17, 15) is 8.42 Å². The number of nitrogens with zero attached hydrogens (tertiary/aromatic N) is 2. The van der Waals surface area contributed by atoms with E-state index < -0.39 is 10.0 Å². The minimum Gasteiger partial charge on any atom is -0.398 e. The Kier molecular flexibility index (Phi) is 4.59. The molecule has 1 unspecified atom stereocenters. The smallest absolute Gasteiger partial charge is 0.244 e. The average Bonchev–Trinajstić information content (AvgIpc) is 2.78. The van der Waals surface area contributed by atoms with Crippen LogP contribution in [0.3, 0.4) is 0 Å². The van der Waals surface area contributed by atoms with E-state index in [1.807, 2.05) is 7.05 Å². The number of benzene rings is 1. The molecule has 0 saturated carbocycles. The molecule has 1 aromatic carbocycles. The van der Waals surface area contributed by atoms with Crippen molar-refractivity contribution in [3.8, 4) is 0 Å². The van der Waals surface area contributed by atoms with Gasteiger partial charge in [-0.25, -0.2) is 8.42 Å². The minimum absolute atomic E-state index is 0.0770. The Bertz CT molecular complexity index is 591. The Morgan fingerprint density at radius 1 is 1.50 bits per heavy atom. The molecule has 2 N–H and O–H groups in total. The highest BCUT2D eigenvalue weighted by atomic mass is 35.5. The predicted molar refractivity (Wildman–Crippen MR) is 81.3 cm³/mol. The van der Waals surface area contributed by atoms with Crippen LogP contribution in [0.4, 0.5) is 5.69 Å². The summed E-state index contributed by atoms with van der Waals surface area (Å²) in [6.45, 7) is 1.47. The summed E-state index contributed by atoms with van der Waals surface area (Å²) in [5, 5.41) is 0.365. The summed E-state index contributed by atoms with van der Waals surface area (Å²) in [5.41, 5.74) is 6.00. The molecule has 1 fully saturated rings. The molecule has 20 heavy (non-hydrogen) atoms. The number of anilines is 1. The first-order valence-electron chi connectivity index (χ1n) is 6.54. The number of nitrogen functional groups attached to an aromatic ring is 1. The number of likely N-dealkylation sites (tertiary alicyclic amines) is 1. The van der Waals surface area contributed by atoms with Gasteiger partial charge < -0.3 is 10.6 Å². The van der Waals surface area contributed by atoms with Crippen molar-refractivity contribution in [1.29, 1.82) is 0 Å². The van der Waals surface area contributed by atoms with Crippen molar-refractivity contribution in [2.24, 2.45) is 0 Å². The molecule has 0 aliphatic carbocycles. The van der Waals surface area contributed by atoms with E-state index in [4.69, 9.17) is 17.3 Å². The maximum absolute atomic E-state index is 12.6. The Balaban J connectivity index is 2.23. The van der Waals surface area contributed by atoms with Crippen molar-refractivity contribution >= 4 is 27.3 Å². The molecule has 0 radical (unpaired) electrons. The fourth-order valence-corrected chi connectivity index (χ4v) is 4.09. The first-order valence-corrected chi connectivity index (χ1v) is 8.36. The van der Waals surface area contributed by atoms with Crippen molar-refractivity contribution in [2.45, 2.75) is 23.8 Å². The first kappa shape index (κ1) is 15.6. The zero-order chi connectivity index (χ0) is 14.9. The van der Waals surface area contributed by atoms with Crippen molar-refractivity contribution in [3.05, 3.63) is 23.2 Å². The van der Waals surface area contributed by atoms with Gasteiger partial charge in [0.1, 0.15) is 4.90 Å². The number of hydrogen-bond donors (Lipinski definition) is 1. The lowest BCUT2D eigenvalue weighted by Crippen LogP contribution is -2.39. The van der Waals surface area contributed by atoms with Crippen LogP contribution in [0.1, 0.15) is 12.8 Å². The summed E-state index contributed by atoms with van der Waals surface area (Å²) in [7, 11) is -0.000962. The van der Waals surface area contributed by atoms with Gasteiger partial charge in [-0.2, -0.15) is 4.31 Å². The van der Waals surface area contributed by atoms with Crippen molar-refractivity contribution < 1.29 is 8.42 Å². The zero-order valence-corrected chi connectivity index (χ0v) is 13.3. The molecule has 0 amide bonds. The van der Waals surface area contributed by atoms with Crippen LogP contribution < -0.4 is 5.73 Å². The Hall–Kier alpha value is -0.820. The van der Waals surface area contributed by atoms with Crippen LogP contribution in [0.5, 0.6) is 0 Å². The lowest BCUT2D eigenvalue weighted by molar-refractivity contribution is 0.271. The standard InChI is InChI=1S/C13H20ClN3O2S/c1-16-7-3-4-11(16)9-17(2)20(18,19)13-8-10(14)5-6-12(13)15/h5-6,8,11H,3-4,7,9,15H2,1-2H3. The summed E-state index contributed by atoms with van der Waals surface area (Å²) in [4.78, 5) is 2.26. The van der Waals surface area contributed by atoms with Gasteiger partial charge in [-0.3, -0.25) is 0 Å². The Morgan fingerprint density at radius 3 is 2.80 bits per heavy atom. The highest BCUT2D eigenvalue weighted by molar-refractivity contribution is 7.89. The summed E-state index contributed by atoms with van der Waals surface area (Å²) >= 11 is 5.87. The second kappa shape index (κ2) is 5.89. The number of halogens is 1. The van der Waals surface area contributed by atoms with Crippen molar-refractivity contribution in [2.75, 3.05) is 32.9 Å². The van der Waals surface area contributed by atoms with E-state index in [1.54, 1.807) is 13.1 Å². The average molecular weight is 318 g/mol. The van der Waals surface area contributed by atoms with Crippen LogP contribution in [0.25, 0.3) is 0 Å². The topological polar surface area (TPSA) is 66.6 Å². The highest BCUT2D eigenvalue weighted by Gasteiger charge is 2.29. The lowest BCUT2D eigenvalue weighted by atomic mass is 10.2. The number of rotatable bonds is 4. The maximum atomic E-state index is 12.6. The van der Waals surface area contributed by atoms with E-state index in [1.165, 1.54) is 16.4 Å². The molecule has 7 heteroatoms. The number of hydrogen-bond acceptors (Lipinski definition) is 4. The SMILES string of the molecule is CN1CCCC1CN(C)S(=O)(=O)c1cc(Cl)ccc1N. The first-order chi connectivity index (χ1) is 9.32. The van der Waals surface area contributed by atoms with Crippen LogP contribution in [-0.4, -0.2) is 50.8 Å². The van der Waals surface area contributed by atoms with Crippen LogP contribution in [-0.2, 0) is 10.0 Å². The molecule has 1 aliphatic rings. The molecule has 0 spiro atoms. The predicted octanol–water partition coefficient (Wildman–Crippen LogP) is 1.64. The van der Waals surface area contributed by atoms with Crippen LogP contribution >= 0.6 is 11.6 Å². The largest absolute Gasteiger partial charge is 0.398 e. The molecule has 0 bridgehead atoms. The summed E-state index contributed by atoms with van der Waals surface area (Å²) in [6.07, 6.45) is 2.12. The van der Waals surface area contributed by atoms with E-state index in [0.29, 0.717) is 11.6 Å². The maximum Gasteiger partial charge on any atom is 0.244 e. The third-order valence-corrected chi connectivity index (χ3v) is 5.92. The molecule has 0 aromatic heterocycles. The van der Waals surface area contributed by atoms with Crippen LogP contribution in [0.2, 0.25) is 5.02 Å². The van der Waals surface area contributed by atoms with Gasteiger partial charge in [-0.05, 0) is 44.6 Å². The second-order valence-electron chi connectivity index (χ2n) is 5.24. The van der Waals surface area contributed by atoms with Gasteiger partial charge >= 0.3 is 0 Å². The van der Waals surface area contributed by atoms with Gasteiger partial charge in [0.05, 0.1) is 5.69 Å². The molecule has 1 aliphatic heterocycles. The van der Waals surface area contributed by atoms with Gasteiger partial charge in [0, 0.05) is 24.7 Å². The summed E-state index contributed by atoms with van der Waals surface area (Å²) < 4.78 is 26.5. The molecular weight excluding hydrogens is 298 g/mol. The third-order valence-electron chi connectivity index (χ3n) is 3.80. The molecular formula is C13H20ClN3O2S. The van der Waals surface area contributed by atoms with E-state index in [-0.39, 0.29) is 16.6 Å². The molecule has 5 nitrogen and oxygen atoms in total. The molecule has 2 rings (SSSR count).